The van der Waals surface area contributed by atoms with Crippen LogP contribution in [0.5, 0.6) is 0 Å². The van der Waals surface area contributed by atoms with E-state index in [1.807, 2.05) is 31.2 Å². The van der Waals surface area contributed by atoms with Crippen molar-refractivity contribution in [1.29, 1.82) is 0 Å². The van der Waals surface area contributed by atoms with Gasteiger partial charge in [-0.1, -0.05) is 44.0 Å². The third kappa shape index (κ3) is 4.04. The zero-order valence-corrected chi connectivity index (χ0v) is 12.3. The number of carboxylic acid groups (broad SMARTS) is 1. The van der Waals surface area contributed by atoms with Crippen LogP contribution in [0.3, 0.4) is 0 Å². The van der Waals surface area contributed by atoms with Gasteiger partial charge in [0.1, 0.15) is 6.04 Å². The molecule has 0 saturated heterocycles. The van der Waals surface area contributed by atoms with E-state index in [0.29, 0.717) is 19.4 Å². The average molecular weight is 290 g/mol. The molecule has 0 aliphatic carbocycles. The standard InChI is InChI=1S/C16H22N2O3/c1-2-3-8-13(16(20)21)18-15(19)14-9-11-6-4-5-7-12(11)10-17-14/h4-7,13-14,17H,2-3,8-10H2,1H3,(H,18,19)(H,20,21). The van der Waals surface area contributed by atoms with Gasteiger partial charge < -0.3 is 15.7 Å². The Hall–Kier alpha value is -1.88. The number of rotatable bonds is 6. The Bertz CT molecular complexity index is 516. The zero-order valence-electron chi connectivity index (χ0n) is 12.3. The number of carbonyl (C=O) groups is 2. The highest BCUT2D eigenvalue weighted by Crippen LogP contribution is 2.16. The molecule has 3 N–H and O–H groups in total. The van der Waals surface area contributed by atoms with Crippen LogP contribution in [0, 0.1) is 0 Å². The van der Waals surface area contributed by atoms with Gasteiger partial charge in [0, 0.05) is 6.54 Å². The normalized spacial score (nSPS) is 18.6. The van der Waals surface area contributed by atoms with Crippen molar-refractivity contribution in [3.8, 4) is 0 Å². The molecule has 2 atom stereocenters. The summed E-state index contributed by atoms with van der Waals surface area (Å²) in [5.41, 5.74) is 2.35. The number of amides is 1. The van der Waals surface area contributed by atoms with Crippen molar-refractivity contribution in [2.75, 3.05) is 0 Å². The summed E-state index contributed by atoms with van der Waals surface area (Å²) in [6.45, 7) is 2.64. The molecule has 0 fully saturated rings. The zero-order chi connectivity index (χ0) is 15.2. The highest BCUT2D eigenvalue weighted by Gasteiger charge is 2.27. The number of fused-ring (bicyclic) bond motifs is 1. The molecule has 1 aliphatic heterocycles. The molecule has 0 saturated carbocycles. The van der Waals surface area contributed by atoms with E-state index in [-0.39, 0.29) is 11.9 Å². The van der Waals surface area contributed by atoms with Crippen LogP contribution in [-0.4, -0.2) is 29.1 Å². The van der Waals surface area contributed by atoms with Crippen molar-refractivity contribution >= 4 is 11.9 Å². The number of hydrogen-bond acceptors (Lipinski definition) is 3. The number of benzene rings is 1. The summed E-state index contributed by atoms with van der Waals surface area (Å²) in [5.74, 6) is -1.19. The molecular formula is C16H22N2O3. The van der Waals surface area contributed by atoms with Gasteiger partial charge in [-0.15, -0.1) is 0 Å². The number of nitrogens with one attached hydrogen (secondary N) is 2. The highest BCUT2D eigenvalue weighted by molar-refractivity contribution is 5.87. The van der Waals surface area contributed by atoms with Gasteiger partial charge in [0.2, 0.25) is 5.91 Å². The molecule has 1 heterocycles. The number of aliphatic carboxylic acids is 1. The SMILES string of the molecule is CCCCC(NC(=O)C1Cc2ccccc2CN1)C(=O)O. The smallest absolute Gasteiger partial charge is 0.326 e. The second-order valence-corrected chi connectivity index (χ2v) is 5.45. The van der Waals surface area contributed by atoms with Crippen molar-refractivity contribution in [1.82, 2.24) is 10.6 Å². The predicted molar refractivity (Wildman–Crippen MR) is 79.9 cm³/mol. The van der Waals surface area contributed by atoms with Crippen molar-refractivity contribution in [3.05, 3.63) is 35.4 Å². The number of unbranched alkanes of at least 4 members (excludes halogenated alkanes) is 1. The lowest BCUT2D eigenvalue weighted by molar-refractivity contribution is -0.142. The third-order valence-corrected chi connectivity index (χ3v) is 3.86. The minimum absolute atomic E-state index is 0.229. The topological polar surface area (TPSA) is 78.4 Å². The lowest BCUT2D eigenvalue weighted by atomic mass is 9.95. The van der Waals surface area contributed by atoms with Crippen LogP contribution in [0.2, 0.25) is 0 Å². The summed E-state index contributed by atoms with van der Waals surface area (Å²) in [7, 11) is 0. The van der Waals surface area contributed by atoms with E-state index >= 15 is 0 Å². The Labute approximate surface area is 124 Å². The summed E-state index contributed by atoms with van der Waals surface area (Å²) in [4.78, 5) is 23.4. The maximum atomic E-state index is 12.2. The van der Waals surface area contributed by atoms with Crippen molar-refractivity contribution in [2.24, 2.45) is 0 Å². The van der Waals surface area contributed by atoms with Crippen LogP contribution < -0.4 is 10.6 Å². The summed E-state index contributed by atoms with van der Waals surface area (Å²) in [6.07, 6.45) is 2.77. The molecule has 5 heteroatoms. The number of carboxylic acids is 1. The van der Waals surface area contributed by atoms with Gasteiger partial charge in [-0.3, -0.25) is 4.79 Å². The Kier molecular flexibility index (Phi) is 5.33. The largest absolute Gasteiger partial charge is 0.480 e. The minimum atomic E-state index is -0.965. The second-order valence-electron chi connectivity index (χ2n) is 5.45. The van der Waals surface area contributed by atoms with E-state index in [1.54, 1.807) is 0 Å². The first-order valence-electron chi connectivity index (χ1n) is 7.45. The number of hydrogen-bond donors (Lipinski definition) is 3. The lowest BCUT2D eigenvalue weighted by Gasteiger charge is -2.26. The molecule has 1 aromatic rings. The summed E-state index contributed by atoms with van der Waals surface area (Å²) in [5, 5.41) is 15.0. The van der Waals surface area contributed by atoms with Crippen molar-refractivity contribution in [2.45, 2.75) is 51.2 Å². The molecule has 1 aromatic carbocycles. The number of carbonyl (C=O) groups excluding carboxylic acids is 1. The van der Waals surface area contributed by atoms with Crippen molar-refractivity contribution in [3.63, 3.8) is 0 Å². The van der Waals surface area contributed by atoms with E-state index in [0.717, 1.165) is 18.4 Å². The van der Waals surface area contributed by atoms with Crippen LogP contribution in [-0.2, 0) is 22.6 Å². The summed E-state index contributed by atoms with van der Waals surface area (Å²) < 4.78 is 0. The monoisotopic (exact) mass is 290 g/mol. The van der Waals surface area contributed by atoms with Crippen LogP contribution >= 0.6 is 0 Å². The first kappa shape index (κ1) is 15.5. The van der Waals surface area contributed by atoms with Crippen LogP contribution in [0.15, 0.2) is 24.3 Å². The fourth-order valence-electron chi connectivity index (χ4n) is 2.58. The van der Waals surface area contributed by atoms with E-state index in [1.165, 1.54) is 5.56 Å². The second kappa shape index (κ2) is 7.22. The molecule has 114 valence electrons. The lowest BCUT2D eigenvalue weighted by Crippen LogP contribution is -2.52. The Morgan fingerprint density at radius 3 is 2.76 bits per heavy atom. The first-order chi connectivity index (χ1) is 10.1. The van der Waals surface area contributed by atoms with E-state index in [4.69, 9.17) is 5.11 Å². The first-order valence-corrected chi connectivity index (χ1v) is 7.45. The van der Waals surface area contributed by atoms with Crippen molar-refractivity contribution < 1.29 is 14.7 Å². The molecule has 1 aliphatic rings. The van der Waals surface area contributed by atoms with E-state index in [2.05, 4.69) is 10.6 Å². The molecule has 0 spiro atoms. The van der Waals surface area contributed by atoms with Crippen LogP contribution in [0.25, 0.3) is 0 Å². The Morgan fingerprint density at radius 2 is 2.10 bits per heavy atom. The fraction of sp³-hybridized carbons (Fsp3) is 0.500. The average Bonchev–Trinajstić information content (AvgIpc) is 2.50. The van der Waals surface area contributed by atoms with Gasteiger partial charge >= 0.3 is 5.97 Å². The van der Waals surface area contributed by atoms with E-state index in [9.17, 15) is 9.59 Å². The maximum absolute atomic E-state index is 12.2. The minimum Gasteiger partial charge on any atom is -0.480 e. The quantitative estimate of drug-likeness (QED) is 0.741. The maximum Gasteiger partial charge on any atom is 0.326 e. The molecular weight excluding hydrogens is 268 g/mol. The summed E-state index contributed by atoms with van der Waals surface area (Å²) >= 11 is 0. The predicted octanol–water partition coefficient (Wildman–Crippen LogP) is 1.46. The van der Waals surface area contributed by atoms with Gasteiger partial charge in [-0.2, -0.15) is 0 Å². The molecule has 0 aromatic heterocycles. The Morgan fingerprint density at radius 1 is 1.38 bits per heavy atom. The molecule has 0 radical (unpaired) electrons. The molecule has 0 bridgehead atoms. The molecule has 2 rings (SSSR count). The van der Waals surface area contributed by atoms with E-state index < -0.39 is 12.0 Å². The molecule has 2 unspecified atom stereocenters. The highest BCUT2D eigenvalue weighted by atomic mass is 16.4. The van der Waals surface area contributed by atoms with Gasteiger partial charge in [0.15, 0.2) is 0 Å². The molecule has 5 nitrogen and oxygen atoms in total. The third-order valence-electron chi connectivity index (χ3n) is 3.86. The van der Waals surface area contributed by atoms with Gasteiger partial charge in [0.25, 0.3) is 0 Å². The van der Waals surface area contributed by atoms with Gasteiger partial charge in [0.05, 0.1) is 6.04 Å². The fourth-order valence-corrected chi connectivity index (χ4v) is 2.58. The van der Waals surface area contributed by atoms with Gasteiger partial charge in [-0.25, -0.2) is 4.79 Å². The summed E-state index contributed by atoms with van der Waals surface area (Å²) in [6, 6.07) is 6.84. The molecule has 21 heavy (non-hydrogen) atoms. The van der Waals surface area contributed by atoms with Crippen LogP contribution in [0.4, 0.5) is 0 Å². The Balaban J connectivity index is 1.96. The van der Waals surface area contributed by atoms with Crippen LogP contribution in [0.1, 0.15) is 37.3 Å². The van der Waals surface area contributed by atoms with Gasteiger partial charge in [-0.05, 0) is 24.0 Å². The molecule has 1 amide bonds.